The number of hydrogen-bond donors (Lipinski definition) is 2. The molecule has 1 aliphatic rings. The molecule has 0 bridgehead atoms. The van der Waals surface area contributed by atoms with E-state index < -0.39 is 23.7 Å². The van der Waals surface area contributed by atoms with Crippen molar-refractivity contribution < 1.29 is 23.1 Å². The molecule has 1 saturated carbocycles. The van der Waals surface area contributed by atoms with E-state index in [0.29, 0.717) is 31.2 Å². The number of alkyl halides is 2. The minimum Gasteiger partial charge on any atom is -0.481 e. The van der Waals surface area contributed by atoms with Crippen LogP contribution in [0.4, 0.5) is 14.5 Å². The molecule has 1 aliphatic carbocycles. The van der Waals surface area contributed by atoms with Crippen LogP contribution in [0, 0.1) is 11.8 Å². The number of pyridine rings is 1. The van der Waals surface area contributed by atoms with Crippen molar-refractivity contribution >= 4 is 23.6 Å². The molecular weight excluding hydrogens is 368 g/mol. The summed E-state index contributed by atoms with van der Waals surface area (Å²) in [5, 5.41) is 2.50. The van der Waals surface area contributed by atoms with Crippen molar-refractivity contribution in [2.45, 2.75) is 38.5 Å². The van der Waals surface area contributed by atoms with Crippen LogP contribution in [0.1, 0.15) is 48.7 Å². The second-order valence-corrected chi connectivity index (χ2v) is 6.97. The number of carbonyl (C=O) groups excluding carboxylic acids is 2. The standard InChI is InChI=1S/C20H25F2N3O3/c1-4-16(26)24-15-11-13(19(28-3)25-17(15)18(23)27)8-5-12-6-9-14(10-7-12)20(2,21)22/h4-5,8,11-12,14H,1,6-7,9-10H2,2-3H3,(H2,23,27)(H,24,26)/b8-5+. The van der Waals surface area contributed by atoms with Crippen molar-refractivity contribution in [3.63, 3.8) is 0 Å². The number of aromatic nitrogens is 1. The van der Waals surface area contributed by atoms with Gasteiger partial charge in [-0.1, -0.05) is 18.7 Å². The summed E-state index contributed by atoms with van der Waals surface area (Å²) in [7, 11) is 1.40. The number of hydrogen-bond acceptors (Lipinski definition) is 4. The van der Waals surface area contributed by atoms with E-state index in [1.807, 2.05) is 6.08 Å². The summed E-state index contributed by atoms with van der Waals surface area (Å²) in [6.07, 6.45) is 7.01. The normalized spacial score (nSPS) is 20.0. The monoisotopic (exact) mass is 393 g/mol. The molecule has 0 saturated heterocycles. The van der Waals surface area contributed by atoms with Crippen LogP contribution in [0.25, 0.3) is 6.08 Å². The van der Waals surface area contributed by atoms with Crippen LogP contribution in [0.2, 0.25) is 0 Å². The maximum absolute atomic E-state index is 13.4. The quantitative estimate of drug-likeness (QED) is 0.689. The van der Waals surface area contributed by atoms with Gasteiger partial charge in [0.15, 0.2) is 5.69 Å². The molecular formula is C20H25F2N3O3. The summed E-state index contributed by atoms with van der Waals surface area (Å²) in [5.41, 5.74) is 5.88. The van der Waals surface area contributed by atoms with E-state index in [0.717, 1.165) is 13.0 Å². The zero-order valence-electron chi connectivity index (χ0n) is 16.0. The number of amides is 2. The van der Waals surface area contributed by atoms with Gasteiger partial charge in [-0.15, -0.1) is 0 Å². The molecule has 1 aromatic rings. The molecule has 152 valence electrons. The number of nitrogens with one attached hydrogen (secondary N) is 1. The molecule has 8 heteroatoms. The first-order valence-corrected chi connectivity index (χ1v) is 9.04. The van der Waals surface area contributed by atoms with Gasteiger partial charge in [-0.2, -0.15) is 0 Å². The Labute approximate surface area is 162 Å². The minimum absolute atomic E-state index is 0.130. The molecule has 1 fully saturated rings. The zero-order valence-corrected chi connectivity index (χ0v) is 16.0. The lowest BCUT2D eigenvalue weighted by atomic mass is 9.79. The topological polar surface area (TPSA) is 94.3 Å². The SMILES string of the molecule is C=CC(=O)Nc1cc(/C=C/C2CCC(C(C)(F)F)CC2)c(OC)nc1C(N)=O. The van der Waals surface area contributed by atoms with Gasteiger partial charge in [0.2, 0.25) is 17.7 Å². The van der Waals surface area contributed by atoms with E-state index >= 15 is 0 Å². The highest BCUT2D eigenvalue weighted by molar-refractivity contribution is 6.05. The number of nitrogens with zero attached hydrogens (tertiary/aromatic N) is 1. The van der Waals surface area contributed by atoms with Crippen molar-refractivity contribution in [2.75, 3.05) is 12.4 Å². The molecule has 0 aliphatic heterocycles. The largest absolute Gasteiger partial charge is 0.481 e. The number of methoxy groups -OCH3 is 1. The summed E-state index contributed by atoms with van der Waals surface area (Å²) in [6.45, 7) is 4.34. The fourth-order valence-corrected chi connectivity index (χ4v) is 3.32. The zero-order chi connectivity index (χ0) is 20.9. The Hall–Kier alpha value is -2.77. The molecule has 6 nitrogen and oxygen atoms in total. The second kappa shape index (κ2) is 8.95. The number of nitrogens with two attached hydrogens (primary N) is 1. The van der Waals surface area contributed by atoms with E-state index in [1.165, 1.54) is 13.2 Å². The van der Waals surface area contributed by atoms with E-state index in [1.54, 1.807) is 6.08 Å². The highest BCUT2D eigenvalue weighted by Gasteiger charge is 2.36. The molecule has 0 atom stereocenters. The number of anilines is 1. The molecule has 0 radical (unpaired) electrons. The number of allylic oxidation sites excluding steroid dienone is 1. The first-order chi connectivity index (χ1) is 13.2. The van der Waals surface area contributed by atoms with Crippen LogP contribution in [0.5, 0.6) is 5.88 Å². The molecule has 0 unspecified atom stereocenters. The van der Waals surface area contributed by atoms with E-state index in [9.17, 15) is 18.4 Å². The van der Waals surface area contributed by atoms with Gasteiger partial charge in [-0.3, -0.25) is 9.59 Å². The number of carbonyl (C=O) groups is 2. The smallest absolute Gasteiger partial charge is 0.269 e. The van der Waals surface area contributed by atoms with Gasteiger partial charge in [-0.05, 0) is 50.7 Å². The molecule has 0 aromatic carbocycles. The Kier molecular flexibility index (Phi) is 6.88. The van der Waals surface area contributed by atoms with Crippen LogP contribution < -0.4 is 15.8 Å². The van der Waals surface area contributed by atoms with Crippen molar-refractivity contribution in [3.05, 3.63) is 36.1 Å². The second-order valence-electron chi connectivity index (χ2n) is 6.97. The van der Waals surface area contributed by atoms with Crippen LogP contribution in [0.15, 0.2) is 24.8 Å². The summed E-state index contributed by atoms with van der Waals surface area (Å²) < 4.78 is 32.1. The van der Waals surface area contributed by atoms with Crippen molar-refractivity contribution in [3.8, 4) is 5.88 Å². The van der Waals surface area contributed by atoms with E-state index in [4.69, 9.17) is 10.5 Å². The summed E-state index contributed by atoms with van der Waals surface area (Å²) in [5.74, 6) is -4.22. The number of rotatable bonds is 7. The van der Waals surface area contributed by atoms with Crippen molar-refractivity contribution in [2.24, 2.45) is 17.6 Å². The van der Waals surface area contributed by atoms with Crippen LogP contribution >= 0.6 is 0 Å². The van der Waals surface area contributed by atoms with Crippen molar-refractivity contribution in [1.29, 1.82) is 0 Å². The lowest BCUT2D eigenvalue weighted by molar-refractivity contribution is -0.111. The van der Waals surface area contributed by atoms with E-state index in [-0.39, 0.29) is 23.2 Å². The molecule has 0 spiro atoms. The molecule has 1 heterocycles. The Morgan fingerprint density at radius 2 is 2.00 bits per heavy atom. The summed E-state index contributed by atoms with van der Waals surface area (Å²) in [6, 6.07) is 1.54. The highest BCUT2D eigenvalue weighted by atomic mass is 19.3. The molecule has 1 aromatic heterocycles. The van der Waals surface area contributed by atoms with Gasteiger partial charge in [0.1, 0.15) is 0 Å². The fourth-order valence-electron chi connectivity index (χ4n) is 3.32. The molecule has 28 heavy (non-hydrogen) atoms. The predicted octanol–water partition coefficient (Wildman–Crippen LogP) is 3.79. The Morgan fingerprint density at radius 3 is 2.50 bits per heavy atom. The Morgan fingerprint density at radius 1 is 1.36 bits per heavy atom. The Balaban J connectivity index is 2.23. The first-order valence-electron chi connectivity index (χ1n) is 9.04. The molecule has 2 amide bonds. The molecule has 2 rings (SSSR count). The fraction of sp³-hybridized carbons (Fsp3) is 0.450. The predicted molar refractivity (Wildman–Crippen MR) is 103 cm³/mol. The third kappa shape index (κ3) is 5.37. The number of ether oxygens (including phenoxy) is 1. The molecule has 3 N–H and O–H groups in total. The highest BCUT2D eigenvalue weighted by Crippen LogP contribution is 2.39. The summed E-state index contributed by atoms with van der Waals surface area (Å²) in [4.78, 5) is 27.3. The average molecular weight is 393 g/mol. The van der Waals surface area contributed by atoms with Crippen LogP contribution in [-0.4, -0.2) is 29.8 Å². The van der Waals surface area contributed by atoms with Gasteiger partial charge >= 0.3 is 0 Å². The van der Waals surface area contributed by atoms with E-state index in [2.05, 4.69) is 16.9 Å². The number of primary amides is 1. The average Bonchev–Trinajstić information content (AvgIpc) is 2.65. The van der Waals surface area contributed by atoms with Gasteiger partial charge in [0, 0.05) is 11.5 Å². The lowest BCUT2D eigenvalue weighted by Crippen LogP contribution is -2.28. The lowest BCUT2D eigenvalue weighted by Gasteiger charge is -2.30. The maximum Gasteiger partial charge on any atom is 0.269 e. The van der Waals surface area contributed by atoms with Gasteiger partial charge in [0.25, 0.3) is 5.91 Å². The third-order valence-electron chi connectivity index (χ3n) is 4.92. The third-order valence-corrected chi connectivity index (χ3v) is 4.92. The van der Waals surface area contributed by atoms with Crippen molar-refractivity contribution in [1.82, 2.24) is 4.98 Å². The van der Waals surface area contributed by atoms with Gasteiger partial charge in [0.05, 0.1) is 12.8 Å². The Bertz CT molecular complexity index is 780. The maximum atomic E-state index is 13.4. The van der Waals surface area contributed by atoms with Gasteiger partial charge < -0.3 is 15.8 Å². The van der Waals surface area contributed by atoms with Gasteiger partial charge in [-0.25, -0.2) is 13.8 Å². The summed E-state index contributed by atoms with van der Waals surface area (Å²) >= 11 is 0. The number of halogens is 2. The van der Waals surface area contributed by atoms with Crippen LogP contribution in [0.3, 0.4) is 0 Å². The van der Waals surface area contributed by atoms with Crippen LogP contribution in [-0.2, 0) is 4.79 Å². The first kappa shape index (κ1) is 21.5. The minimum atomic E-state index is -2.65.